The van der Waals surface area contributed by atoms with Crippen molar-refractivity contribution < 1.29 is 0 Å². The smallest absolute Gasteiger partial charge is 0.134 e. The van der Waals surface area contributed by atoms with Gasteiger partial charge in [-0.15, -0.1) is 10.2 Å². The van der Waals surface area contributed by atoms with Gasteiger partial charge in [0.1, 0.15) is 12.2 Å². The maximum absolute atomic E-state index is 4.01. The molecular formula is C13H14N4. The third-order valence-electron chi connectivity index (χ3n) is 3.13. The summed E-state index contributed by atoms with van der Waals surface area (Å²) in [6.07, 6.45) is 4.85. The SMILES string of the molecule is CCc1c[nH]c2ccc(-n3cnnc3C)cc12. The molecule has 86 valence electrons. The van der Waals surface area contributed by atoms with Gasteiger partial charge >= 0.3 is 0 Å². The van der Waals surface area contributed by atoms with Gasteiger partial charge in [-0.05, 0) is 37.1 Å². The molecule has 0 saturated heterocycles. The maximum atomic E-state index is 4.01. The summed E-state index contributed by atoms with van der Waals surface area (Å²) in [5.41, 5.74) is 3.62. The Morgan fingerprint density at radius 2 is 2.24 bits per heavy atom. The molecule has 3 aromatic rings. The summed E-state index contributed by atoms with van der Waals surface area (Å²) in [5, 5.41) is 9.20. The number of aryl methyl sites for hydroxylation is 2. The zero-order valence-corrected chi connectivity index (χ0v) is 9.94. The molecule has 0 aliphatic carbocycles. The molecule has 0 saturated carbocycles. The molecule has 2 aromatic heterocycles. The van der Waals surface area contributed by atoms with Crippen LogP contribution < -0.4 is 0 Å². The van der Waals surface area contributed by atoms with Crippen molar-refractivity contribution in [3.63, 3.8) is 0 Å². The Bertz CT molecular complexity index is 663. The van der Waals surface area contributed by atoms with Gasteiger partial charge in [-0.3, -0.25) is 4.57 Å². The van der Waals surface area contributed by atoms with Crippen molar-refractivity contribution in [3.05, 3.63) is 42.1 Å². The number of aromatic nitrogens is 4. The fourth-order valence-electron chi connectivity index (χ4n) is 2.16. The predicted molar refractivity (Wildman–Crippen MR) is 67.3 cm³/mol. The summed E-state index contributed by atoms with van der Waals surface area (Å²) in [7, 11) is 0. The monoisotopic (exact) mass is 226 g/mol. The molecule has 0 radical (unpaired) electrons. The van der Waals surface area contributed by atoms with Crippen LogP contribution in [-0.2, 0) is 6.42 Å². The molecule has 0 fully saturated rings. The summed E-state index contributed by atoms with van der Waals surface area (Å²) in [4.78, 5) is 3.29. The molecule has 0 aliphatic rings. The van der Waals surface area contributed by atoms with E-state index in [1.807, 2.05) is 11.5 Å². The first-order valence-electron chi connectivity index (χ1n) is 5.76. The van der Waals surface area contributed by atoms with Crippen molar-refractivity contribution in [2.24, 2.45) is 0 Å². The molecule has 3 rings (SSSR count). The van der Waals surface area contributed by atoms with Gasteiger partial charge in [0, 0.05) is 22.8 Å². The van der Waals surface area contributed by atoms with E-state index < -0.39 is 0 Å². The first-order valence-corrected chi connectivity index (χ1v) is 5.76. The normalized spacial score (nSPS) is 11.2. The van der Waals surface area contributed by atoms with Gasteiger partial charge in [-0.25, -0.2) is 0 Å². The summed E-state index contributed by atoms with van der Waals surface area (Å²) in [6.45, 7) is 4.12. The Morgan fingerprint density at radius 1 is 1.35 bits per heavy atom. The minimum absolute atomic E-state index is 0.901. The lowest BCUT2D eigenvalue weighted by atomic mass is 10.1. The Labute approximate surface area is 99.3 Å². The fraction of sp³-hybridized carbons (Fsp3) is 0.231. The van der Waals surface area contributed by atoms with E-state index in [4.69, 9.17) is 0 Å². The average Bonchev–Trinajstić information content (AvgIpc) is 2.93. The van der Waals surface area contributed by atoms with Crippen molar-refractivity contribution in [2.45, 2.75) is 20.3 Å². The molecular weight excluding hydrogens is 212 g/mol. The number of fused-ring (bicyclic) bond motifs is 1. The van der Waals surface area contributed by atoms with Crippen LogP contribution in [-0.4, -0.2) is 19.7 Å². The Hall–Kier alpha value is -2.10. The van der Waals surface area contributed by atoms with Crippen LogP contribution in [0.15, 0.2) is 30.7 Å². The van der Waals surface area contributed by atoms with E-state index in [1.165, 1.54) is 16.5 Å². The lowest BCUT2D eigenvalue weighted by molar-refractivity contribution is 0.971. The summed E-state index contributed by atoms with van der Waals surface area (Å²) < 4.78 is 1.99. The van der Waals surface area contributed by atoms with E-state index >= 15 is 0 Å². The molecule has 2 heterocycles. The second kappa shape index (κ2) is 3.73. The third kappa shape index (κ3) is 1.53. The first-order chi connectivity index (χ1) is 8.29. The number of nitrogens with zero attached hydrogens (tertiary/aromatic N) is 3. The van der Waals surface area contributed by atoms with Crippen molar-refractivity contribution in [1.29, 1.82) is 0 Å². The van der Waals surface area contributed by atoms with E-state index in [-0.39, 0.29) is 0 Å². The molecule has 1 aromatic carbocycles. The number of aromatic amines is 1. The van der Waals surface area contributed by atoms with E-state index in [0.29, 0.717) is 0 Å². The molecule has 1 N–H and O–H groups in total. The van der Waals surface area contributed by atoms with E-state index in [0.717, 1.165) is 17.9 Å². The molecule has 0 atom stereocenters. The number of hydrogen-bond acceptors (Lipinski definition) is 2. The highest BCUT2D eigenvalue weighted by atomic mass is 15.3. The second-order valence-corrected chi connectivity index (χ2v) is 4.15. The first kappa shape index (κ1) is 10.1. The molecule has 4 nitrogen and oxygen atoms in total. The third-order valence-corrected chi connectivity index (χ3v) is 3.13. The topological polar surface area (TPSA) is 46.5 Å². The van der Waals surface area contributed by atoms with E-state index in [9.17, 15) is 0 Å². The molecule has 0 bridgehead atoms. The highest BCUT2D eigenvalue weighted by Gasteiger charge is 2.06. The number of benzene rings is 1. The zero-order chi connectivity index (χ0) is 11.8. The van der Waals surface area contributed by atoms with Crippen LogP contribution in [0.3, 0.4) is 0 Å². The Morgan fingerprint density at radius 3 is 2.94 bits per heavy atom. The lowest BCUT2D eigenvalue weighted by Crippen LogP contribution is -1.95. The van der Waals surface area contributed by atoms with Gasteiger partial charge in [0.2, 0.25) is 0 Å². The molecule has 0 unspecified atom stereocenters. The fourth-order valence-corrected chi connectivity index (χ4v) is 2.16. The minimum Gasteiger partial charge on any atom is -0.361 e. The van der Waals surface area contributed by atoms with Gasteiger partial charge in [0.15, 0.2) is 0 Å². The number of H-pyrrole nitrogens is 1. The molecule has 4 heteroatoms. The summed E-state index contributed by atoms with van der Waals surface area (Å²) >= 11 is 0. The van der Waals surface area contributed by atoms with Crippen LogP contribution >= 0.6 is 0 Å². The van der Waals surface area contributed by atoms with Crippen molar-refractivity contribution >= 4 is 10.9 Å². The van der Waals surface area contributed by atoms with Gasteiger partial charge in [0.25, 0.3) is 0 Å². The van der Waals surface area contributed by atoms with Crippen LogP contribution in [0.4, 0.5) is 0 Å². The van der Waals surface area contributed by atoms with Crippen LogP contribution in [0, 0.1) is 6.92 Å². The number of hydrogen-bond donors (Lipinski definition) is 1. The Balaban J connectivity index is 2.22. The van der Waals surface area contributed by atoms with Crippen molar-refractivity contribution in [2.75, 3.05) is 0 Å². The zero-order valence-electron chi connectivity index (χ0n) is 9.94. The van der Waals surface area contributed by atoms with Gasteiger partial charge in [0.05, 0.1) is 0 Å². The van der Waals surface area contributed by atoms with Crippen molar-refractivity contribution in [3.8, 4) is 5.69 Å². The number of nitrogens with one attached hydrogen (secondary N) is 1. The summed E-state index contributed by atoms with van der Waals surface area (Å²) in [6, 6.07) is 6.36. The predicted octanol–water partition coefficient (Wildman–Crippen LogP) is 2.62. The van der Waals surface area contributed by atoms with E-state index in [1.54, 1.807) is 6.33 Å². The molecule has 0 aliphatic heterocycles. The van der Waals surface area contributed by atoms with Crippen molar-refractivity contribution in [1.82, 2.24) is 19.7 Å². The van der Waals surface area contributed by atoms with Gasteiger partial charge in [-0.2, -0.15) is 0 Å². The van der Waals surface area contributed by atoms with Crippen LogP contribution in [0.1, 0.15) is 18.3 Å². The molecule has 17 heavy (non-hydrogen) atoms. The summed E-state index contributed by atoms with van der Waals surface area (Å²) in [5.74, 6) is 0.901. The highest BCUT2D eigenvalue weighted by molar-refractivity contribution is 5.85. The van der Waals surface area contributed by atoms with E-state index in [2.05, 4.69) is 46.5 Å². The second-order valence-electron chi connectivity index (χ2n) is 4.15. The van der Waals surface area contributed by atoms with Crippen LogP contribution in [0.25, 0.3) is 16.6 Å². The van der Waals surface area contributed by atoms with Gasteiger partial charge < -0.3 is 4.98 Å². The largest absolute Gasteiger partial charge is 0.361 e. The number of rotatable bonds is 2. The lowest BCUT2D eigenvalue weighted by Gasteiger charge is -2.04. The molecule has 0 amide bonds. The van der Waals surface area contributed by atoms with Crippen LogP contribution in [0.5, 0.6) is 0 Å². The maximum Gasteiger partial charge on any atom is 0.134 e. The molecule has 0 spiro atoms. The highest BCUT2D eigenvalue weighted by Crippen LogP contribution is 2.22. The standard InChI is InChI=1S/C13H14N4/c1-3-10-7-14-13-5-4-11(6-12(10)13)17-8-15-16-9(17)2/h4-8,14H,3H2,1-2H3. The average molecular weight is 226 g/mol. The van der Waals surface area contributed by atoms with Crippen LogP contribution in [0.2, 0.25) is 0 Å². The van der Waals surface area contributed by atoms with Gasteiger partial charge in [-0.1, -0.05) is 6.92 Å². The quantitative estimate of drug-likeness (QED) is 0.730. The minimum atomic E-state index is 0.901. The Kier molecular flexibility index (Phi) is 2.21.